The Kier molecular flexibility index (Phi) is 3.91. The Morgan fingerprint density at radius 2 is 2.10 bits per heavy atom. The van der Waals surface area contributed by atoms with Gasteiger partial charge < -0.3 is 10.2 Å². The zero-order valence-corrected chi connectivity index (χ0v) is 13.1. The van der Waals surface area contributed by atoms with E-state index in [0.717, 1.165) is 23.3 Å². The number of nitrogens with one attached hydrogen (secondary N) is 1. The summed E-state index contributed by atoms with van der Waals surface area (Å²) < 4.78 is 0. The van der Waals surface area contributed by atoms with Crippen molar-refractivity contribution in [1.29, 1.82) is 0 Å². The first kappa shape index (κ1) is 14.4. The summed E-state index contributed by atoms with van der Waals surface area (Å²) in [5.74, 6) is 0.0914. The lowest BCUT2D eigenvalue weighted by molar-refractivity contribution is -0.120. The van der Waals surface area contributed by atoms with Gasteiger partial charge in [0.1, 0.15) is 0 Å². The highest BCUT2D eigenvalue weighted by Gasteiger charge is 2.18. The minimum Gasteiger partial charge on any atom is -0.369 e. The average molecular weight is 324 g/mol. The van der Waals surface area contributed by atoms with Crippen molar-refractivity contribution in [1.82, 2.24) is 10.3 Å². The Morgan fingerprint density at radius 1 is 1.29 bits per heavy atom. The second-order valence-corrected chi connectivity index (χ2v) is 5.91. The molecule has 1 amide bonds. The molecule has 4 nitrogen and oxygen atoms in total. The Bertz CT molecular complexity index is 718. The number of benzene rings is 1. The molecular formula is C15H15Cl2N3O. The molecule has 0 saturated carbocycles. The van der Waals surface area contributed by atoms with Crippen LogP contribution < -0.4 is 10.2 Å². The molecule has 0 bridgehead atoms. The predicted octanol–water partition coefficient (Wildman–Crippen LogP) is 3.18. The predicted molar refractivity (Wildman–Crippen MR) is 86.3 cm³/mol. The molecule has 0 aliphatic carbocycles. The van der Waals surface area contributed by atoms with Crippen LogP contribution in [0, 0.1) is 6.92 Å². The smallest absolute Gasteiger partial charge is 0.221 e. The van der Waals surface area contributed by atoms with E-state index in [4.69, 9.17) is 23.2 Å². The molecule has 2 aromatic rings. The van der Waals surface area contributed by atoms with Gasteiger partial charge in [-0.1, -0.05) is 23.2 Å². The summed E-state index contributed by atoms with van der Waals surface area (Å²) in [4.78, 5) is 18.2. The topological polar surface area (TPSA) is 45.2 Å². The molecular weight excluding hydrogens is 309 g/mol. The molecule has 2 heterocycles. The number of amides is 1. The van der Waals surface area contributed by atoms with Crippen molar-refractivity contribution in [2.75, 3.05) is 24.5 Å². The number of halogens is 2. The molecule has 1 N–H and O–H groups in total. The van der Waals surface area contributed by atoms with Crippen LogP contribution >= 0.6 is 23.2 Å². The Balaban J connectivity index is 2.13. The van der Waals surface area contributed by atoms with Gasteiger partial charge in [-0.3, -0.25) is 9.78 Å². The number of carbonyl (C=O) groups excluding carboxylic acids is 1. The minimum atomic E-state index is 0.0914. The van der Waals surface area contributed by atoms with Gasteiger partial charge in [0, 0.05) is 42.8 Å². The van der Waals surface area contributed by atoms with E-state index in [9.17, 15) is 4.79 Å². The normalized spacial score (nSPS) is 16.0. The number of anilines is 1. The van der Waals surface area contributed by atoms with Crippen LogP contribution in [0.15, 0.2) is 18.2 Å². The number of nitrogens with zero attached hydrogens (tertiary/aromatic N) is 2. The summed E-state index contributed by atoms with van der Waals surface area (Å²) in [6.07, 6.45) is 0.490. The molecule has 1 aromatic carbocycles. The molecule has 21 heavy (non-hydrogen) atoms. The molecule has 1 aromatic heterocycles. The number of hydrogen-bond acceptors (Lipinski definition) is 3. The monoisotopic (exact) mass is 323 g/mol. The van der Waals surface area contributed by atoms with E-state index in [1.807, 2.05) is 19.1 Å². The number of rotatable bonds is 1. The quantitative estimate of drug-likeness (QED) is 0.876. The first-order valence-electron chi connectivity index (χ1n) is 6.83. The van der Waals surface area contributed by atoms with Crippen molar-refractivity contribution in [2.24, 2.45) is 0 Å². The van der Waals surface area contributed by atoms with Crippen LogP contribution in [-0.2, 0) is 4.79 Å². The summed E-state index contributed by atoms with van der Waals surface area (Å²) >= 11 is 12.4. The summed E-state index contributed by atoms with van der Waals surface area (Å²) in [6, 6.07) is 5.75. The molecule has 0 atom stereocenters. The highest BCUT2D eigenvalue weighted by Crippen LogP contribution is 2.35. The summed E-state index contributed by atoms with van der Waals surface area (Å²) in [6.45, 7) is 4.03. The third-order valence-corrected chi connectivity index (χ3v) is 4.43. The van der Waals surface area contributed by atoms with E-state index in [2.05, 4.69) is 15.2 Å². The third kappa shape index (κ3) is 2.78. The molecule has 1 saturated heterocycles. The number of aryl methyl sites for hydroxylation is 1. The second-order valence-electron chi connectivity index (χ2n) is 5.13. The first-order chi connectivity index (χ1) is 10.1. The Morgan fingerprint density at radius 3 is 2.90 bits per heavy atom. The van der Waals surface area contributed by atoms with Crippen molar-refractivity contribution in [3.8, 4) is 0 Å². The van der Waals surface area contributed by atoms with E-state index >= 15 is 0 Å². The van der Waals surface area contributed by atoms with Gasteiger partial charge in [0.05, 0.1) is 15.6 Å². The number of pyridine rings is 1. The molecule has 0 spiro atoms. The van der Waals surface area contributed by atoms with Gasteiger partial charge in [-0.25, -0.2) is 0 Å². The largest absolute Gasteiger partial charge is 0.369 e. The lowest BCUT2D eigenvalue weighted by atomic mass is 10.1. The zero-order valence-electron chi connectivity index (χ0n) is 11.6. The van der Waals surface area contributed by atoms with Crippen molar-refractivity contribution in [2.45, 2.75) is 13.3 Å². The Hall–Kier alpha value is -1.52. The number of carbonyl (C=O) groups is 1. The van der Waals surface area contributed by atoms with Gasteiger partial charge >= 0.3 is 0 Å². The molecule has 1 aliphatic heterocycles. The van der Waals surface area contributed by atoms with E-state index < -0.39 is 0 Å². The van der Waals surface area contributed by atoms with Crippen LogP contribution in [0.25, 0.3) is 10.9 Å². The van der Waals surface area contributed by atoms with Crippen LogP contribution in [0.1, 0.15) is 12.1 Å². The number of hydrogen-bond donors (Lipinski definition) is 1. The first-order valence-corrected chi connectivity index (χ1v) is 7.59. The standard InChI is InChI=1S/C15H15Cl2N3O/c1-9-8-12(20-6-4-13(21)18-5-7-20)10-2-3-11(16)14(17)15(10)19-9/h2-3,8H,4-7H2,1H3,(H,18,21). The maximum absolute atomic E-state index is 11.5. The van der Waals surface area contributed by atoms with E-state index in [0.29, 0.717) is 35.1 Å². The molecule has 0 unspecified atom stereocenters. The van der Waals surface area contributed by atoms with Gasteiger partial charge in [0.25, 0.3) is 0 Å². The Labute approximate surface area is 133 Å². The molecule has 6 heteroatoms. The lowest BCUT2D eigenvalue weighted by Gasteiger charge is -2.24. The van der Waals surface area contributed by atoms with Crippen molar-refractivity contribution in [3.05, 3.63) is 33.9 Å². The van der Waals surface area contributed by atoms with Gasteiger partial charge in [-0.05, 0) is 25.1 Å². The number of aromatic nitrogens is 1. The fraction of sp³-hybridized carbons (Fsp3) is 0.333. The summed E-state index contributed by atoms with van der Waals surface area (Å²) in [5.41, 5.74) is 2.64. The molecule has 0 radical (unpaired) electrons. The summed E-state index contributed by atoms with van der Waals surface area (Å²) in [7, 11) is 0. The SMILES string of the molecule is Cc1cc(N2CCNC(=O)CC2)c2ccc(Cl)c(Cl)c2n1. The van der Waals surface area contributed by atoms with Crippen LogP contribution in [-0.4, -0.2) is 30.5 Å². The van der Waals surface area contributed by atoms with E-state index in [1.165, 1.54) is 0 Å². The van der Waals surface area contributed by atoms with Gasteiger partial charge in [0.2, 0.25) is 5.91 Å². The highest BCUT2D eigenvalue weighted by molar-refractivity contribution is 6.45. The lowest BCUT2D eigenvalue weighted by Crippen LogP contribution is -2.28. The third-order valence-electron chi connectivity index (χ3n) is 3.63. The van der Waals surface area contributed by atoms with Crippen molar-refractivity contribution in [3.63, 3.8) is 0 Å². The fourth-order valence-corrected chi connectivity index (χ4v) is 2.97. The van der Waals surface area contributed by atoms with Crippen LogP contribution in [0.4, 0.5) is 5.69 Å². The maximum atomic E-state index is 11.5. The van der Waals surface area contributed by atoms with Gasteiger partial charge in [-0.15, -0.1) is 0 Å². The van der Waals surface area contributed by atoms with Gasteiger partial charge in [-0.2, -0.15) is 0 Å². The zero-order chi connectivity index (χ0) is 15.0. The van der Waals surface area contributed by atoms with E-state index in [1.54, 1.807) is 6.07 Å². The second kappa shape index (κ2) is 5.70. The fourth-order valence-electron chi connectivity index (χ4n) is 2.61. The molecule has 1 aliphatic rings. The van der Waals surface area contributed by atoms with E-state index in [-0.39, 0.29) is 5.91 Å². The van der Waals surface area contributed by atoms with Crippen LogP contribution in [0.5, 0.6) is 0 Å². The number of fused-ring (bicyclic) bond motifs is 1. The van der Waals surface area contributed by atoms with Crippen molar-refractivity contribution < 1.29 is 4.79 Å². The van der Waals surface area contributed by atoms with Crippen LogP contribution in [0.2, 0.25) is 10.0 Å². The van der Waals surface area contributed by atoms with Gasteiger partial charge in [0.15, 0.2) is 0 Å². The highest BCUT2D eigenvalue weighted by atomic mass is 35.5. The van der Waals surface area contributed by atoms with Crippen LogP contribution in [0.3, 0.4) is 0 Å². The molecule has 110 valence electrons. The van der Waals surface area contributed by atoms with Crippen molar-refractivity contribution >= 4 is 45.7 Å². The molecule has 3 rings (SSSR count). The minimum absolute atomic E-state index is 0.0914. The average Bonchev–Trinajstić information content (AvgIpc) is 2.67. The summed E-state index contributed by atoms with van der Waals surface area (Å²) in [5, 5.41) is 4.82. The maximum Gasteiger partial charge on any atom is 0.221 e. The molecule has 1 fully saturated rings.